The van der Waals surface area contributed by atoms with E-state index >= 15 is 0 Å². The quantitative estimate of drug-likeness (QED) is 0.554. The van der Waals surface area contributed by atoms with Crippen LogP contribution in [0.25, 0.3) is 23.2 Å². The van der Waals surface area contributed by atoms with Crippen molar-refractivity contribution in [3.8, 4) is 11.4 Å². The number of sulfonamides is 1. The van der Waals surface area contributed by atoms with Crippen LogP contribution in [0.15, 0.2) is 53.7 Å². The molecule has 172 valence electrons. The lowest BCUT2D eigenvalue weighted by Crippen LogP contribution is -2.40. The number of hydrogen-bond donors (Lipinski definition) is 1. The Balaban J connectivity index is 1.61. The first-order valence-corrected chi connectivity index (χ1v) is 11.9. The van der Waals surface area contributed by atoms with Crippen LogP contribution in [0.4, 0.5) is 0 Å². The first-order valence-electron chi connectivity index (χ1n) is 10.4. The summed E-state index contributed by atoms with van der Waals surface area (Å²) in [7, 11) is -3.63. The van der Waals surface area contributed by atoms with E-state index in [-0.39, 0.29) is 10.5 Å². The fourth-order valence-corrected chi connectivity index (χ4v) is 5.14. The number of hydrogen-bond acceptors (Lipinski definition) is 6. The van der Waals surface area contributed by atoms with Gasteiger partial charge in [0.05, 0.1) is 23.7 Å². The molecule has 3 aromatic rings. The van der Waals surface area contributed by atoms with Gasteiger partial charge in [0.25, 0.3) is 5.91 Å². The molecule has 0 saturated carbocycles. The third-order valence-corrected chi connectivity index (χ3v) is 7.20. The maximum Gasteiger partial charge on any atom is 0.250 e. The van der Waals surface area contributed by atoms with Gasteiger partial charge in [0.15, 0.2) is 5.82 Å². The minimum absolute atomic E-state index is 0.148. The summed E-state index contributed by atoms with van der Waals surface area (Å²) in [5, 5.41) is 4.44. The Kier molecular flexibility index (Phi) is 6.41. The molecule has 0 spiro atoms. The first-order chi connectivity index (χ1) is 15.7. The van der Waals surface area contributed by atoms with E-state index in [1.165, 1.54) is 33.6 Å². The van der Waals surface area contributed by atoms with Gasteiger partial charge in [-0.2, -0.15) is 4.31 Å². The molecule has 0 radical (unpaired) electrons. The van der Waals surface area contributed by atoms with Gasteiger partial charge in [0.1, 0.15) is 6.33 Å². The number of nitrogens with zero attached hydrogens (tertiary/aromatic N) is 4. The van der Waals surface area contributed by atoms with Crippen LogP contribution >= 0.6 is 0 Å². The normalized spacial score (nSPS) is 15.5. The number of aryl methyl sites for hydroxylation is 2. The molecule has 4 rings (SSSR count). The van der Waals surface area contributed by atoms with Crippen LogP contribution in [-0.4, -0.2) is 59.7 Å². The summed E-state index contributed by atoms with van der Waals surface area (Å²) in [6, 6.07) is 12.1. The molecule has 0 atom stereocenters. The van der Waals surface area contributed by atoms with Crippen molar-refractivity contribution in [3.63, 3.8) is 0 Å². The Morgan fingerprint density at radius 2 is 1.70 bits per heavy atom. The Labute approximate surface area is 192 Å². The van der Waals surface area contributed by atoms with E-state index in [1.54, 1.807) is 12.1 Å². The number of carbonyl (C=O) groups excluding carboxylic acids is 1. The molecule has 2 aromatic carbocycles. The second kappa shape index (κ2) is 9.26. The SMILES string of the molecule is Cc1cc(C)cc(-c2ncn(/C=C(/C(N)=O)c3ccc(S(=O)(=O)N4CCOCC4)cc3)n2)c1. The zero-order valence-electron chi connectivity index (χ0n) is 18.4. The predicted molar refractivity (Wildman–Crippen MR) is 124 cm³/mol. The molecule has 1 aliphatic rings. The van der Waals surface area contributed by atoms with Crippen LogP contribution in [0.3, 0.4) is 0 Å². The van der Waals surface area contributed by atoms with E-state index in [2.05, 4.69) is 16.1 Å². The second-order valence-electron chi connectivity index (χ2n) is 7.87. The summed E-state index contributed by atoms with van der Waals surface area (Å²) < 4.78 is 33.7. The topological polar surface area (TPSA) is 120 Å². The van der Waals surface area contributed by atoms with Crippen molar-refractivity contribution in [1.82, 2.24) is 19.1 Å². The van der Waals surface area contributed by atoms with Gasteiger partial charge in [-0.1, -0.05) is 29.3 Å². The van der Waals surface area contributed by atoms with E-state index in [1.807, 2.05) is 26.0 Å². The monoisotopic (exact) mass is 467 g/mol. The highest BCUT2D eigenvalue weighted by molar-refractivity contribution is 7.89. The Morgan fingerprint density at radius 1 is 1.06 bits per heavy atom. The van der Waals surface area contributed by atoms with Crippen LogP contribution in [-0.2, 0) is 19.6 Å². The number of morpholine rings is 1. The van der Waals surface area contributed by atoms with Gasteiger partial charge in [-0.15, -0.1) is 5.10 Å². The number of carbonyl (C=O) groups is 1. The highest BCUT2D eigenvalue weighted by Crippen LogP contribution is 2.22. The zero-order chi connectivity index (χ0) is 23.6. The average molecular weight is 468 g/mol. The predicted octanol–water partition coefficient (Wildman–Crippen LogP) is 2.07. The third-order valence-electron chi connectivity index (χ3n) is 5.29. The smallest absolute Gasteiger partial charge is 0.250 e. The molecule has 2 heterocycles. The number of rotatable bonds is 6. The molecule has 0 aliphatic carbocycles. The summed E-state index contributed by atoms with van der Waals surface area (Å²) in [6.07, 6.45) is 2.97. The largest absolute Gasteiger partial charge is 0.379 e. The molecule has 1 fully saturated rings. The molecule has 9 nitrogen and oxygen atoms in total. The zero-order valence-corrected chi connectivity index (χ0v) is 19.2. The van der Waals surface area contributed by atoms with Gasteiger partial charge in [-0.05, 0) is 43.7 Å². The third kappa shape index (κ3) is 5.03. The fourth-order valence-electron chi connectivity index (χ4n) is 3.73. The maximum absolute atomic E-state index is 12.8. The van der Waals surface area contributed by atoms with Crippen molar-refractivity contribution in [1.29, 1.82) is 0 Å². The van der Waals surface area contributed by atoms with Crippen LogP contribution < -0.4 is 5.73 Å². The van der Waals surface area contributed by atoms with Gasteiger partial charge in [0.2, 0.25) is 10.0 Å². The molecule has 10 heteroatoms. The van der Waals surface area contributed by atoms with Crippen molar-refractivity contribution >= 4 is 27.7 Å². The van der Waals surface area contributed by atoms with E-state index in [0.717, 1.165) is 16.7 Å². The Hall–Kier alpha value is -3.34. The number of benzene rings is 2. The molecular formula is C23H25N5O4S. The number of aromatic nitrogens is 3. The van der Waals surface area contributed by atoms with E-state index in [4.69, 9.17) is 10.5 Å². The molecule has 0 unspecified atom stereocenters. The molecule has 0 bridgehead atoms. The van der Waals surface area contributed by atoms with Gasteiger partial charge < -0.3 is 10.5 Å². The van der Waals surface area contributed by atoms with Crippen molar-refractivity contribution in [3.05, 3.63) is 65.5 Å². The van der Waals surface area contributed by atoms with Crippen LogP contribution in [0.2, 0.25) is 0 Å². The molecule has 1 aliphatic heterocycles. The van der Waals surface area contributed by atoms with Crippen LogP contribution in [0, 0.1) is 13.8 Å². The summed E-state index contributed by atoms with van der Waals surface area (Å²) in [6.45, 7) is 5.36. The van der Waals surface area contributed by atoms with Crippen molar-refractivity contribution < 1.29 is 17.9 Å². The number of amides is 1. The van der Waals surface area contributed by atoms with Crippen LogP contribution in [0.5, 0.6) is 0 Å². The highest BCUT2D eigenvalue weighted by atomic mass is 32.2. The van der Waals surface area contributed by atoms with Crippen molar-refractivity contribution in [2.24, 2.45) is 5.73 Å². The first kappa shape index (κ1) is 22.8. The van der Waals surface area contributed by atoms with Crippen molar-refractivity contribution in [2.45, 2.75) is 18.7 Å². The minimum atomic E-state index is -3.63. The lowest BCUT2D eigenvalue weighted by Gasteiger charge is -2.26. The highest BCUT2D eigenvalue weighted by Gasteiger charge is 2.26. The molecule has 1 aromatic heterocycles. The lowest BCUT2D eigenvalue weighted by molar-refractivity contribution is -0.112. The van der Waals surface area contributed by atoms with Crippen LogP contribution in [0.1, 0.15) is 16.7 Å². The van der Waals surface area contributed by atoms with Crippen molar-refractivity contribution in [2.75, 3.05) is 26.3 Å². The molecule has 33 heavy (non-hydrogen) atoms. The summed E-state index contributed by atoms with van der Waals surface area (Å²) in [4.78, 5) is 16.6. The minimum Gasteiger partial charge on any atom is -0.379 e. The Morgan fingerprint density at radius 3 is 2.30 bits per heavy atom. The van der Waals surface area contributed by atoms with Gasteiger partial charge >= 0.3 is 0 Å². The van der Waals surface area contributed by atoms with E-state index < -0.39 is 15.9 Å². The fraction of sp³-hybridized carbons (Fsp3) is 0.261. The number of nitrogens with two attached hydrogens (primary N) is 1. The van der Waals surface area contributed by atoms with Gasteiger partial charge in [0, 0.05) is 24.9 Å². The summed E-state index contributed by atoms with van der Waals surface area (Å²) in [5.41, 5.74) is 9.34. The molecule has 1 saturated heterocycles. The van der Waals surface area contributed by atoms with Gasteiger partial charge in [-0.25, -0.2) is 18.1 Å². The molecular weight excluding hydrogens is 442 g/mol. The summed E-state index contributed by atoms with van der Waals surface area (Å²) >= 11 is 0. The van der Waals surface area contributed by atoms with Gasteiger partial charge in [-0.3, -0.25) is 4.79 Å². The standard InChI is InChI=1S/C23H25N5O4S/c1-16-11-17(2)13-19(12-16)23-25-15-27(26-23)14-21(22(24)29)18-3-5-20(6-4-18)33(30,31)28-7-9-32-10-8-28/h3-6,11-15H,7-10H2,1-2H3,(H2,24,29)/b21-14+. The van der Waals surface area contributed by atoms with E-state index in [9.17, 15) is 13.2 Å². The average Bonchev–Trinajstić information content (AvgIpc) is 3.26. The lowest BCUT2D eigenvalue weighted by atomic mass is 10.1. The molecule has 1 amide bonds. The van der Waals surface area contributed by atoms with E-state index in [0.29, 0.717) is 37.7 Å². The molecule has 2 N–H and O–H groups in total. The second-order valence-corrected chi connectivity index (χ2v) is 9.81. The summed E-state index contributed by atoms with van der Waals surface area (Å²) in [5.74, 6) is -0.143. The number of primary amides is 1. The maximum atomic E-state index is 12.8. The number of ether oxygens (including phenoxy) is 1. The Bertz CT molecular complexity index is 1290.